The zero-order chi connectivity index (χ0) is 7.56. The van der Waals surface area contributed by atoms with Gasteiger partial charge in [0.25, 0.3) is 5.91 Å². The van der Waals surface area contributed by atoms with E-state index in [0.29, 0.717) is 0 Å². The Morgan fingerprint density at radius 3 is 2.70 bits per heavy atom. The zero-order valence-electron chi connectivity index (χ0n) is 5.03. The second kappa shape index (κ2) is 2.34. The first-order valence-corrected chi connectivity index (χ1v) is 2.58. The van der Waals surface area contributed by atoms with E-state index in [9.17, 15) is 9.59 Å². The van der Waals surface area contributed by atoms with E-state index in [2.05, 4.69) is 4.42 Å². The van der Waals surface area contributed by atoms with E-state index in [-0.39, 0.29) is 5.56 Å². The lowest BCUT2D eigenvalue weighted by Crippen LogP contribution is -2.20. The van der Waals surface area contributed by atoms with Crippen molar-refractivity contribution in [2.75, 3.05) is 0 Å². The summed E-state index contributed by atoms with van der Waals surface area (Å²) in [5.41, 5.74) is 4.28. The quantitative estimate of drug-likeness (QED) is 0.582. The van der Waals surface area contributed by atoms with Crippen LogP contribution in [0.1, 0.15) is 10.4 Å². The molecule has 0 saturated heterocycles. The van der Waals surface area contributed by atoms with Crippen molar-refractivity contribution in [3.05, 3.63) is 34.4 Å². The molecular formula is C6H5NO3. The Hall–Kier alpha value is -1.58. The molecule has 1 rings (SSSR count). The average Bonchev–Trinajstić information content (AvgIpc) is 1.88. The van der Waals surface area contributed by atoms with Crippen molar-refractivity contribution < 1.29 is 9.21 Å². The maximum atomic E-state index is 10.7. The van der Waals surface area contributed by atoms with E-state index in [4.69, 9.17) is 5.73 Å². The van der Waals surface area contributed by atoms with Gasteiger partial charge in [0.05, 0.1) is 6.26 Å². The lowest BCUT2D eigenvalue weighted by atomic mass is 10.3. The van der Waals surface area contributed by atoms with Crippen molar-refractivity contribution in [3.63, 3.8) is 0 Å². The molecule has 1 aromatic heterocycles. The molecule has 0 aliphatic carbocycles. The lowest BCUT2D eigenvalue weighted by molar-refractivity contribution is 0.0997. The lowest BCUT2D eigenvalue weighted by Gasteiger charge is -1.88. The average molecular weight is 139 g/mol. The van der Waals surface area contributed by atoms with Crippen molar-refractivity contribution in [3.8, 4) is 0 Å². The minimum absolute atomic E-state index is 0.123. The molecule has 0 fully saturated rings. The molecule has 10 heavy (non-hydrogen) atoms. The van der Waals surface area contributed by atoms with Gasteiger partial charge in [-0.15, -0.1) is 0 Å². The fourth-order valence-electron chi connectivity index (χ4n) is 0.536. The van der Waals surface area contributed by atoms with Gasteiger partial charge < -0.3 is 10.2 Å². The molecule has 1 aromatic rings. The minimum atomic E-state index is -0.769. The summed E-state index contributed by atoms with van der Waals surface area (Å²) in [7, 11) is 0. The van der Waals surface area contributed by atoms with E-state index in [0.717, 1.165) is 12.3 Å². The summed E-state index contributed by atoms with van der Waals surface area (Å²) in [5, 5.41) is 0. The molecule has 1 amide bonds. The van der Waals surface area contributed by atoms with Crippen molar-refractivity contribution in [2.24, 2.45) is 5.73 Å². The minimum Gasteiger partial charge on any atom is -0.472 e. The monoisotopic (exact) mass is 139 g/mol. The molecule has 4 heteroatoms. The number of primary amides is 1. The Morgan fingerprint density at radius 1 is 1.60 bits per heavy atom. The number of carbonyl (C=O) groups excluding carboxylic acids is 1. The Bertz CT molecular complexity index is 302. The Kier molecular flexibility index (Phi) is 1.53. The van der Waals surface area contributed by atoms with Gasteiger partial charge in [0.2, 0.25) is 0 Å². The molecule has 0 radical (unpaired) electrons. The van der Waals surface area contributed by atoms with Gasteiger partial charge >= 0.3 is 0 Å². The second-order valence-corrected chi connectivity index (χ2v) is 1.70. The van der Waals surface area contributed by atoms with Gasteiger partial charge in [-0.1, -0.05) is 0 Å². The van der Waals surface area contributed by atoms with Crippen molar-refractivity contribution in [1.82, 2.24) is 0 Å². The highest BCUT2D eigenvalue weighted by Crippen LogP contribution is 1.87. The first-order valence-electron chi connectivity index (χ1n) is 2.58. The topological polar surface area (TPSA) is 73.3 Å². The van der Waals surface area contributed by atoms with Gasteiger partial charge in [-0.05, 0) is 0 Å². The molecular weight excluding hydrogens is 134 g/mol. The van der Waals surface area contributed by atoms with Gasteiger partial charge in [-0.2, -0.15) is 0 Å². The molecule has 0 bridgehead atoms. The summed E-state index contributed by atoms with van der Waals surface area (Å²) in [6.07, 6.45) is 2.22. The SMILES string of the molecule is NC(=O)c1coccc1=O. The number of rotatable bonds is 1. The van der Waals surface area contributed by atoms with Crippen LogP contribution in [0.25, 0.3) is 0 Å². The van der Waals surface area contributed by atoms with E-state index in [1.165, 1.54) is 6.26 Å². The van der Waals surface area contributed by atoms with Gasteiger partial charge in [0.1, 0.15) is 11.8 Å². The maximum Gasteiger partial charge on any atom is 0.255 e. The molecule has 0 unspecified atom stereocenters. The van der Waals surface area contributed by atoms with Crippen LogP contribution in [0.2, 0.25) is 0 Å². The maximum absolute atomic E-state index is 10.7. The molecule has 4 nitrogen and oxygen atoms in total. The molecule has 0 aliphatic rings. The van der Waals surface area contributed by atoms with E-state index in [1.807, 2.05) is 0 Å². The van der Waals surface area contributed by atoms with Crippen LogP contribution in [0.4, 0.5) is 0 Å². The summed E-state index contributed by atoms with van der Waals surface area (Å²) in [6, 6.07) is 1.14. The molecule has 0 aromatic carbocycles. The molecule has 0 spiro atoms. The number of hydrogen-bond donors (Lipinski definition) is 1. The smallest absolute Gasteiger partial charge is 0.255 e. The summed E-state index contributed by atoms with van der Waals surface area (Å²) >= 11 is 0. The fourth-order valence-corrected chi connectivity index (χ4v) is 0.536. The van der Waals surface area contributed by atoms with Crippen LogP contribution in [-0.4, -0.2) is 5.91 Å². The molecule has 0 saturated carbocycles. The highest BCUT2D eigenvalue weighted by Gasteiger charge is 2.03. The number of carbonyl (C=O) groups is 1. The molecule has 2 N–H and O–H groups in total. The third-order valence-electron chi connectivity index (χ3n) is 1.01. The van der Waals surface area contributed by atoms with Gasteiger partial charge in [0, 0.05) is 6.07 Å². The third kappa shape index (κ3) is 1.05. The zero-order valence-corrected chi connectivity index (χ0v) is 5.03. The predicted molar refractivity (Wildman–Crippen MR) is 33.5 cm³/mol. The highest BCUT2D eigenvalue weighted by atomic mass is 16.3. The molecule has 0 atom stereocenters. The van der Waals surface area contributed by atoms with Gasteiger partial charge in [-0.3, -0.25) is 9.59 Å². The summed E-state index contributed by atoms with van der Waals surface area (Å²) in [6.45, 7) is 0. The molecule has 1 heterocycles. The first kappa shape index (κ1) is 6.54. The van der Waals surface area contributed by atoms with Crippen LogP contribution in [0, 0.1) is 0 Å². The van der Waals surface area contributed by atoms with E-state index >= 15 is 0 Å². The first-order chi connectivity index (χ1) is 4.72. The van der Waals surface area contributed by atoms with E-state index in [1.54, 1.807) is 0 Å². The van der Waals surface area contributed by atoms with Crippen LogP contribution < -0.4 is 11.2 Å². The van der Waals surface area contributed by atoms with Crippen molar-refractivity contribution in [2.45, 2.75) is 0 Å². The van der Waals surface area contributed by atoms with Crippen LogP contribution in [0.15, 0.2) is 27.8 Å². The standard InChI is InChI=1S/C6H5NO3/c7-6(9)4-3-10-2-1-5(4)8/h1-3H,(H2,7,9). The number of nitrogens with two attached hydrogens (primary N) is 1. The normalized spacial score (nSPS) is 9.20. The largest absolute Gasteiger partial charge is 0.472 e. The van der Waals surface area contributed by atoms with Crippen LogP contribution in [0.5, 0.6) is 0 Å². The van der Waals surface area contributed by atoms with Gasteiger partial charge in [-0.25, -0.2) is 0 Å². The number of hydrogen-bond acceptors (Lipinski definition) is 3. The Labute approximate surface area is 56.3 Å². The van der Waals surface area contributed by atoms with Gasteiger partial charge in [0.15, 0.2) is 5.43 Å². The summed E-state index contributed by atoms with van der Waals surface area (Å²) in [5.74, 6) is -0.769. The van der Waals surface area contributed by atoms with Crippen LogP contribution in [-0.2, 0) is 0 Å². The predicted octanol–water partition coefficient (Wildman–Crippen LogP) is -0.261. The summed E-state index contributed by atoms with van der Waals surface area (Å²) in [4.78, 5) is 21.1. The number of amides is 1. The Morgan fingerprint density at radius 2 is 2.30 bits per heavy atom. The van der Waals surface area contributed by atoms with Crippen molar-refractivity contribution >= 4 is 5.91 Å². The van der Waals surface area contributed by atoms with Crippen LogP contribution in [0.3, 0.4) is 0 Å². The summed E-state index contributed by atoms with van der Waals surface area (Å²) < 4.78 is 4.55. The highest BCUT2D eigenvalue weighted by molar-refractivity contribution is 5.92. The fraction of sp³-hybridized carbons (Fsp3) is 0. The van der Waals surface area contributed by atoms with Crippen molar-refractivity contribution in [1.29, 1.82) is 0 Å². The van der Waals surface area contributed by atoms with E-state index < -0.39 is 11.3 Å². The Balaban J connectivity index is 3.29. The van der Waals surface area contributed by atoms with Crippen LogP contribution >= 0.6 is 0 Å². The molecule has 0 aliphatic heterocycles. The second-order valence-electron chi connectivity index (χ2n) is 1.70. The third-order valence-corrected chi connectivity index (χ3v) is 1.01. The molecule has 52 valence electrons.